The number of alkyl halides is 3. The van der Waals surface area contributed by atoms with Crippen molar-refractivity contribution in [3.05, 3.63) is 64.7 Å². The predicted octanol–water partition coefficient (Wildman–Crippen LogP) is 3.83. The average Bonchev–Trinajstić information content (AvgIpc) is 2.48. The smallest absolute Gasteiger partial charge is 0.329 e. The summed E-state index contributed by atoms with van der Waals surface area (Å²) in [6.07, 6.45) is -4.48. The van der Waals surface area contributed by atoms with Crippen molar-refractivity contribution < 1.29 is 21.6 Å². The van der Waals surface area contributed by atoms with Gasteiger partial charge >= 0.3 is 6.18 Å². The maximum Gasteiger partial charge on any atom is 0.416 e. The Morgan fingerprint density at radius 3 is 1.96 bits per heavy atom. The second-order valence-corrected chi connectivity index (χ2v) is 7.41. The van der Waals surface area contributed by atoms with Gasteiger partial charge in [0.25, 0.3) is 0 Å². The lowest BCUT2D eigenvalue weighted by Gasteiger charge is -2.17. The Morgan fingerprint density at radius 1 is 1.00 bits per heavy atom. The van der Waals surface area contributed by atoms with Gasteiger partial charge in [0.2, 0.25) is 0 Å². The number of rotatable bonds is 4. The van der Waals surface area contributed by atoms with Crippen LogP contribution in [0.4, 0.5) is 13.2 Å². The van der Waals surface area contributed by atoms with Crippen LogP contribution in [0.25, 0.3) is 0 Å². The zero-order valence-corrected chi connectivity index (χ0v) is 13.3. The normalized spacial score (nSPS) is 13.8. The topological polar surface area (TPSA) is 60.2 Å². The van der Waals surface area contributed by atoms with E-state index in [9.17, 15) is 21.6 Å². The molecule has 2 aromatic rings. The van der Waals surface area contributed by atoms with Gasteiger partial charge in [0, 0.05) is 11.6 Å². The molecule has 0 amide bonds. The summed E-state index contributed by atoms with van der Waals surface area (Å²) in [5.74, 6) is 0. The molecule has 0 radical (unpaired) electrons. The molecule has 124 valence electrons. The van der Waals surface area contributed by atoms with E-state index < -0.39 is 26.8 Å². The van der Waals surface area contributed by atoms with Crippen molar-refractivity contribution >= 4 is 21.4 Å². The van der Waals surface area contributed by atoms with E-state index in [1.165, 1.54) is 24.3 Å². The van der Waals surface area contributed by atoms with Gasteiger partial charge in [0.15, 0.2) is 9.84 Å². The van der Waals surface area contributed by atoms with E-state index in [1.54, 1.807) is 0 Å². The van der Waals surface area contributed by atoms with Crippen LogP contribution in [0.1, 0.15) is 16.4 Å². The highest BCUT2D eigenvalue weighted by molar-refractivity contribution is 7.91. The van der Waals surface area contributed by atoms with Crippen LogP contribution in [-0.2, 0) is 16.0 Å². The van der Waals surface area contributed by atoms with Gasteiger partial charge in [-0.05, 0) is 42.0 Å². The summed E-state index contributed by atoms with van der Waals surface area (Å²) in [6, 6.07) is 9.48. The van der Waals surface area contributed by atoms with Gasteiger partial charge in [0.05, 0.1) is 10.5 Å². The molecular formula is C15H13ClF3NO2S. The van der Waals surface area contributed by atoms with Crippen molar-refractivity contribution in [3.8, 4) is 0 Å². The zero-order chi connectivity index (χ0) is 17.3. The van der Waals surface area contributed by atoms with E-state index >= 15 is 0 Å². The third-order valence-electron chi connectivity index (χ3n) is 3.34. The van der Waals surface area contributed by atoms with Gasteiger partial charge < -0.3 is 5.73 Å². The van der Waals surface area contributed by atoms with E-state index in [0.717, 1.165) is 24.3 Å². The summed E-state index contributed by atoms with van der Waals surface area (Å²) in [5.41, 5.74) is 4.91. The molecule has 0 aliphatic carbocycles. The van der Waals surface area contributed by atoms with Crippen LogP contribution in [0.15, 0.2) is 53.4 Å². The van der Waals surface area contributed by atoms with E-state index in [2.05, 4.69) is 0 Å². The molecule has 0 aliphatic heterocycles. The first kappa shape index (κ1) is 17.8. The van der Waals surface area contributed by atoms with E-state index in [-0.39, 0.29) is 17.0 Å². The van der Waals surface area contributed by atoms with Crippen molar-refractivity contribution in [2.45, 2.75) is 16.3 Å². The largest absolute Gasteiger partial charge is 0.416 e. The molecule has 2 rings (SSSR count). The summed E-state index contributed by atoms with van der Waals surface area (Å²) in [6.45, 7) is -0.254. The molecule has 0 aromatic heterocycles. The molecule has 0 spiro atoms. The van der Waals surface area contributed by atoms with Gasteiger partial charge in [-0.2, -0.15) is 13.2 Å². The van der Waals surface area contributed by atoms with Crippen molar-refractivity contribution in [2.24, 2.45) is 5.73 Å². The van der Waals surface area contributed by atoms with Crippen molar-refractivity contribution in [3.63, 3.8) is 0 Å². The highest BCUT2D eigenvalue weighted by atomic mass is 35.5. The molecule has 0 aliphatic rings. The molecule has 0 fully saturated rings. The minimum Gasteiger partial charge on any atom is -0.329 e. The van der Waals surface area contributed by atoms with Crippen LogP contribution < -0.4 is 5.73 Å². The van der Waals surface area contributed by atoms with Crippen LogP contribution in [0.3, 0.4) is 0 Å². The zero-order valence-electron chi connectivity index (χ0n) is 11.7. The van der Waals surface area contributed by atoms with Crippen LogP contribution in [0.5, 0.6) is 0 Å². The molecule has 23 heavy (non-hydrogen) atoms. The lowest BCUT2D eigenvalue weighted by Crippen LogP contribution is -2.22. The summed E-state index contributed by atoms with van der Waals surface area (Å²) >= 11 is 5.73. The highest BCUT2D eigenvalue weighted by Crippen LogP contribution is 2.33. The Kier molecular flexibility index (Phi) is 5.03. The number of halogens is 4. The highest BCUT2D eigenvalue weighted by Gasteiger charge is 2.32. The molecule has 0 heterocycles. The Hall–Kier alpha value is -1.57. The van der Waals surface area contributed by atoms with E-state index in [0.29, 0.717) is 5.02 Å². The number of hydrogen-bond donors (Lipinski definition) is 1. The van der Waals surface area contributed by atoms with Crippen LogP contribution in [0, 0.1) is 0 Å². The molecule has 0 saturated heterocycles. The molecule has 3 nitrogen and oxygen atoms in total. The Balaban J connectivity index is 2.41. The number of nitrogens with two attached hydrogens (primary N) is 1. The Morgan fingerprint density at radius 2 is 1.52 bits per heavy atom. The monoisotopic (exact) mass is 363 g/mol. The molecule has 0 bridgehead atoms. The number of benzene rings is 2. The van der Waals surface area contributed by atoms with E-state index in [1.807, 2.05) is 0 Å². The molecule has 1 atom stereocenters. The lowest BCUT2D eigenvalue weighted by atomic mass is 10.1. The Labute approximate surface area is 136 Å². The maximum absolute atomic E-state index is 12.6. The van der Waals surface area contributed by atoms with Gasteiger partial charge in [-0.15, -0.1) is 0 Å². The van der Waals surface area contributed by atoms with Crippen molar-refractivity contribution in [1.29, 1.82) is 0 Å². The average molecular weight is 364 g/mol. The van der Waals surface area contributed by atoms with Crippen LogP contribution in [-0.4, -0.2) is 15.0 Å². The first-order valence-electron chi connectivity index (χ1n) is 6.53. The standard InChI is InChI=1S/C15H13ClF3NO2S/c16-12-5-7-13(8-6-12)23(21,22)14(9-20)10-1-3-11(4-2-10)15(17,18)19/h1-8,14H,9,20H2/t14-/m1/s1. The minimum absolute atomic E-state index is 0.0113. The Bertz CT molecular complexity index is 772. The first-order valence-corrected chi connectivity index (χ1v) is 8.45. The van der Waals surface area contributed by atoms with Crippen LogP contribution in [0.2, 0.25) is 5.02 Å². The van der Waals surface area contributed by atoms with Crippen molar-refractivity contribution in [2.75, 3.05) is 6.54 Å². The fourth-order valence-electron chi connectivity index (χ4n) is 2.12. The fraction of sp³-hybridized carbons (Fsp3) is 0.200. The first-order chi connectivity index (χ1) is 10.7. The second-order valence-electron chi connectivity index (χ2n) is 4.84. The summed E-state index contributed by atoms with van der Waals surface area (Å²) < 4.78 is 63.0. The van der Waals surface area contributed by atoms with E-state index in [4.69, 9.17) is 17.3 Å². The molecule has 8 heteroatoms. The van der Waals surface area contributed by atoms with Gasteiger partial charge in [-0.1, -0.05) is 23.7 Å². The molecule has 0 unspecified atom stereocenters. The van der Waals surface area contributed by atoms with Gasteiger partial charge in [-0.25, -0.2) is 8.42 Å². The molecule has 2 aromatic carbocycles. The van der Waals surface area contributed by atoms with Gasteiger partial charge in [-0.3, -0.25) is 0 Å². The SMILES string of the molecule is NC[C@H](c1ccc(C(F)(F)F)cc1)S(=O)(=O)c1ccc(Cl)cc1. The quantitative estimate of drug-likeness (QED) is 0.898. The summed E-state index contributed by atoms with van der Waals surface area (Å²) in [7, 11) is -3.83. The predicted molar refractivity (Wildman–Crippen MR) is 81.9 cm³/mol. The van der Waals surface area contributed by atoms with Crippen LogP contribution >= 0.6 is 11.6 Å². The lowest BCUT2D eigenvalue weighted by molar-refractivity contribution is -0.137. The molecular weight excluding hydrogens is 351 g/mol. The third-order valence-corrected chi connectivity index (χ3v) is 5.74. The summed E-state index contributed by atoms with van der Waals surface area (Å²) in [5, 5.41) is -0.756. The molecule has 2 N–H and O–H groups in total. The molecule has 0 saturated carbocycles. The number of hydrogen-bond acceptors (Lipinski definition) is 3. The van der Waals surface area contributed by atoms with Crippen molar-refractivity contribution in [1.82, 2.24) is 0 Å². The third kappa shape index (κ3) is 3.85. The summed E-state index contributed by atoms with van der Waals surface area (Å²) in [4.78, 5) is 0.0113. The second kappa shape index (κ2) is 6.51. The maximum atomic E-state index is 12.6. The number of sulfone groups is 1. The minimum atomic E-state index is -4.48. The fourth-order valence-corrected chi connectivity index (χ4v) is 3.86. The van der Waals surface area contributed by atoms with Gasteiger partial charge in [0.1, 0.15) is 5.25 Å².